The maximum absolute atomic E-state index is 11.9. The van der Waals surface area contributed by atoms with Crippen LogP contribution in [-0.2, 0) is 22.5 Å². The Morgan fingerprint density at radius 3 is 2.37 bits per heavy atom. The van der Waals surface area contributed by atoms with Crippen molar-refractivity contribution in [3.8, 4) is 0 Å². The Balaban J connectivity index is 0.000000226. The van der Waals surface area contributed by atoms with E-state index in [1.54, 1.807) is 13.0 Å². The molecule has 0 unspecified atom stereocenters. The summed E-state index contributed by atoms with van der Waals surface area (Å²) in [5.41, 5.74) is 4.36. The van der Waals surface area contributed by atoms with Gasteiger partial charge in [0.1, 0.15) is 0 Å². The third-order valence-corrected chi connectivity index (χ3v) is 6.82. The minimum absolute atomic E-state index is 0.0309. The Bertz CT molecular complexity index is 1310. The Kier molecular flexibility index (Phi) is 12.7. The topological polar surface area (TPSA) is 96.8 Å². The summed E-state index contributed by atoms with van der Waals surface area (Å²) in [6, 6.07) is 18.4. The van der Waals surface area contributed by atoms with Crippen LogP contribution in [0, 0.1) is 13.8 Å². The Morgan fingerprint density at radius 1 is 0.951 bits per heavy atom. The fourth-order valence-corrected chi connectivity index (χ4v) is 4.44. The summed E-state index contributed by atoms with van der Waals surface area (Å²) in [6.07, 6.45) is 1.25. The highest BCUT2D eigenvalue weighted by Gasteiger charge is 2.13. The lowest BCUT2D eigenvalue weighted by atomic mass is 10.1. The molecule has 1 aliphatic heterocycles. The third-order valence-electron chi connectivity index (χ3n) is 6.82. The molecule has 1 N–H and O–H groups in total. The zero-order valence-corrected chi connectivity index (χ0v) is 24.8. The van der Waals surface area contributed by atoms with Crippen LogP contribution in [0.1, 0.15) is 46.1 Å². The number of nitrogens with one attached hydrogen (secondary N) is 1. The van der Waals surface area contributed by atoms with E-state index in [1.165, 1.54) is 16.3 Å². The van der Waals surface area contributed by atoms with Gasteiger partial charge in [-0.3, -0.25) is 14.4 Å². The Hall–Kier alpha value is -3.82. The van der Waals surface area contributed by atoms with E-state index < -0.39 is 0 Å². The monoisotopic (exact) mass is 561 g/mol. The second-order valence-electron chi connectivity index (χ2n) is 10.4. The van der Waals surface area contributed by atoms with Crippen molar-refractivity contribution in [3.63, 3.8) is 0 Å². The van der Waals surface area contributed by atoms with E-state index in [-0.39, 0.29) is 23.9 Å². The molecular formula is C32H43N5O4. The highest BCUT2D eigenvalue weighted by Crippen LogP contribution is 2.08. The van der Waals surface area contributed by atoms with Crippen molar-refractivity contribution in [1.29, 1.82) is 0 Å². The number of aromatic nitrogens is 2. The molecule has 0 radical (unpaired) electrons. The highest BCUT2D eigenvalue weighted by atomic mass is 16.5. The van der Waals surface area contributed by atoms with Gasteiger partial charge in [-0.25, -0.2) is 4.68 Å². The Labute approximate surface area is 243 Å². The average molecular weight is 562 g/mol. The molecule has 0 atom stereocenters. The molecule has 3 aromatic rings. The van der Waals surface area contributed by atoms with Crippen LogP contribution in [0.25, 0.3) is 0 Å². The molecule has 0 bridgehead atoms. The first-order chi connectivity index (χ1) is 19.7. The van der Waals surface area contributed by atoms with E-state index in [2.05, 4.69) is 27.3 Å². The number of rotatable bonds is 10. The summed E-state index contributed by atoms with van der Waals surface area (Å²) in [7, 11) is 2.17. The summed E-state index contributed by atoms with van der Waals surface area (Å²) in [5.74, 6) is -0.219. The van der Waals surface area contributed by atoms with Crippen molar-refractivity contribution < 1.29 is 14.3 Å². The number of ether oxygens (including phenoxy) is 1. The molecular weight excluding hydrogens is 518 g/mol. The molecule has 2 heterocycles. The minimum Gasteiger partial charge on any atom is -0.466 e. The first-order valence-corrected chi connectivity index (χ1v) is 14.3. The molecule has 1 aromatic heterocycles. The largest absolute Gasteiger partial charge is 0.466 e. The molecule has 0 saturated carbocycles. The molecule has 1 fully saturated rings. The molecule has 9 nitrogen and oxygen atoms in total. The van der Waals surface area contributed by atoms with Crippen LogP contribution in [-0.4, -0.2) is 84.4 Å². The van der Waals surface area contributed by atoms with Crippen LogP contribution in [0.3, 0.4) is 0 Å². The summed E-state index contributed by atoms with van der Waals surface area (Å²) in [4.78, 5) is 40.0. The summed E-state index contributed by atoms with van der Waals surface area (Å²) in [6.45, 7) is 12.8. The van der Waals surface area contributed by atoms with Gasteiger partial charge in [-0.1, -0.05) is 42.0 Å². The number of esters is 1. The molecule has 9 heteroatoms. The molecule has 0 aliphatic carbocycles. The molecule has 41 heavy (non-hydrogen) atoms. The number of nitrogens with zero attached hydrogens (tertiary/aromatic N) is 4. The van der Waals surface area contributed by atoms with E-state index in [9.17, 15) is 14.4 Å². The first kappa shape index (κ1) is 31.7. The maximum atomic E-state index is 11.9. The van der Waals surface area contributed by atoms with Crippen LogP contribution in [0.5, 0.6) is 0 Å². The van der Waals surface area contributed by atoms with Gasteiger partial charge in [0.25, 0.3) is 11.5 Å². The quantitative estimate of drug-likeness (QED) is 0.300. The fourth-order valence-electron chi connectivity index (χ4n) is 4.44. The van der Waals surface area contributed by atoms with Gasteiger partial charge < -0.3 is 19.9 Å². The molecule has 0 spiro atoms. The van der Waals surface area contributed by atoms with Gasteiger partial charge in [-0.05, 0) is 70.1 Å². The van der Waals surface area contributed by atoms with Gasteiger partial charge in [-0.2, -0.15) is 5.10 Å². The van der Waals surface area contributed by atoms with Gasteiger partial charge in [0.05, 0.1) is 25.3 Å². The number of hydrogen-bond acceptors (Lipinski definition) is 7. The maximum Gasteiger partial charge on any atom is 0.310 e. The van der Waals surface area contributed by atoms with E-state index >= 15 is 0 Å². The van der Waals surface area contributed by atoms with Gasteiger partial charge in [0.2, 0.25) is 0 Å². The van der Waals surface area contributed by atoms with Crippen molar-refractivity contribution in [1.82, 2.24) is 24.9 Å². The zero-order valence-electron chi connectivity index (χ0n) is 24.8. The Morgan fingerprint density at radius 2 is 1.66 bits per heavy atom. The number of benzene rings is 2. The van der Waals surface area contributed by atoms with Gasteiger partial charge in [0, 0.05) is 44.4 Å². The van der Waals surface area contributed by atoms with Gasteiger partial charge in [0.15, 0.2) is 0 Å². The first-order valence-electron chi connectivity index (χ1n) is 14.3. The molecule has 1 saturated heterocycles. The van der Waals surface area contributed by atoms with Crippen LogP contribution in [0.4, 0.5) is 0 Å². The van der Waals surface area contributed by atoms with Crippen molar-refractivity contribution in [2.75, 3.05) is 52.9 Å². The smallest absolute Gasteiger partial charge is 0.310 e. The second kappa shape index (κ2) is 16.4. The molecule has 2 aromatic carbocycles. The summed E-state index contributed by atoms with van der Waals surface area (Å²) < 4.78 is 6.35. The SMILES string of the molecule is CCOC(=O)Cc1cccc(Cn2nc(C)ccc2=O)c1.Cc1ccc(C(=O)NCCCN2CCN(C)CC2)cc1. The lowest BCUT2D eigenvalue weighted by Gasteiger charge is -2.32. The molecule has 1 amide bonds. The number of carbonyl (C=O) groups is 2. The van der Waals surface area contributed by atoms with Crippen LogP contribution >= 0.6 is 0 Å². The predicted molar refractivity (Wildman–Crippen MR) is 161 cm³/mol. The van der Waals surface area contributed by atoms with Crippen LogP contribution in [0.2, 0.25) is 0 Å². The standard InChI is InChI=1S/C16H25N3O.C16H18N2O3/c1-14-4-6-15(7-5-14)16(20)17-8-3-9-19-12-10-18(2)11-13-19;1-3-21-16(20)10-13-5-4-6-14(9-13)11-18-15(19)8-7-12(2)17-18/h4-7H,3,8-13H2,1-2H3,(H,17,20);4-9H,3,10-11H2,1-2H3. The van der Waals surface area contributed by atoms with E-state index in [4.69, 9.17) is 4.74 Å². The van der Waals surface area contributed by atoms with Gasteiger partial charge in [-0.15, -0.1) is 0 Å². The van der Waals surface area contributed by atoms with Crippen molar-refractivity contribution >= 4 is 11.9 Å². The third kappa shape index (κ3) is 11.3. The molecule has 4 rings (SSSR count). The van der Waals surface area contributed by atoms with Crippen molar-refractivity contribution in [3.05, 3.63) is 99.0 Å². The number of aryl methyl sites for hydroxylation is 2. The second-order valence-corrected chi connectivity index (χ2v) is 10.4. The zero-order chi connectivity index (χ0) is 29.6. The lowest BCUT2D eigenvalue weighted by Crippen LogP contribution is -2.45. The van der Waals surface area contributed by atoms with Gasteiger partial charge >= 0.3 is 5.97 Å². The van der Waals surface area contributed by atoms with E-state index in [0.29, 0.717) is 13.2 Å². The molecule has 1 aliphatic rings. The van der Waals surface area contributed by atoms with Crippen molar-refractivity contribution in [2.45, 2.75) is 40.2 Å². The number of amides is 1. The average Bonchev–Trinajstić information content (AvgIpc) is 2.95. The summed E-state index contributed by atoms with van der Waals surface area (Å²) in [5, 5.41) is 7.19. The molecule has 220 valence electrons. The highest BCUT2D eigenvalue weighted by molar-refractivity contribution is 5.94. The predicted octanol–water partition coefficient (Wildman–Crippen LogP) is 3.07. The lowest BCUT2D eigenvalue weighted by molar-refractivity contribution is -0.142. The number of likely N-dealkylation sites (N-methyl/N-ethyl adjacent to an activating group) is 1. The summed E-state index contributed by atoms with van der Waals surface area (Å²) >= 11 is 0. The van der Waals surface area contributed by atoms with E-state index in [1.807, 2.05) is 62.4 Å². The fraction of sp³-hybridized carbons (Fsp3) is 0.438. The van der Waals surface area contributed by atoms with E-state index in [0.717, 1.165) is 68.1 Å². The number of hydrogen-bond donors (Lipinski definition) is 1. The number of piperazine rings is 1. The normalized spacial score (nSPS) is 13.7. The number of carbonyl (C=O) groups excluding carboxylic acids is 2. The van der Waals surface area contributed by atoms with Crippen molar-refractivity contribution in [2.24, 2.45) is 0 Å². The van der Waals surface area contributed by atoms with Crippen LogP contribution < -0.4 is 10.9 Å². The van der Waals surface area contributed by atoms with Crippen LogP contribution in [0.15, 0.2) is 65.5 Å². The minimum atomic E-state index is -0.250.